The summed E-state index contributed by atoms with van der Waals surface area (Å²) in [6.07, 6.45) is 0.341. The van der Waals surface area contributed by atoms with Crippen LogP contribution in [0.4, 0.5) is 0 Å². The van der Waals surface area contributed by atoms with E-state index in [0.29, 0.717) is 6.42 Å². The molecule has 0 aromatic rings. The number of carbonyl (C=O) groups is 2. The molecule has 3 atom stereocenters. The van der Waals surface area contributed by atoms with E-state index < -0.39 is 11.9 Å². The second kappa shape index (κ2) is 3.32. The van der Waals surface area contributed by atoms with Crippen LogP contribution < -0.4 is 0 Å². The van der Waals surface area contributed by atoms with Gasteiger partial charge in [-0.05, 0) is 6.92 Å². The first-order valence-corrected chi connectivity index (χ1v) is 4.36. The standard InChI is InChI=1S/C10H14O3/c1-5(2)7-4-8(11)6(3)9(7)10(12)13/h6-7,9H,1,4H2,2-3H3,(H,12,13). The summed E-state index contributed by atoms with van der Waals surface area (Å²) in [7, 11) is 0. The molecule has 1 rings (SSSR count). The third-order valence-corrected chi connectivity index (χ3v) is 2.82. The molecule has 1 aliphatic rings. The van der Waals surface area contributed by atoms with E-state index in [1.165, 1.54) is 0 Å². The Labute approximate surface area is 77.4 Å². The SMILES string of the molecule is C=C(C)C1CC(=O)C(C)C1C(=O)O. The van der Waals surface area contributed by atoms with Crippen molar-refractivity contribution in [2.45, 2.75) is 20.3 Å². The number of allylic oxidation sites excluding steroid dienone is 1. The molecular formula is C10H14O3. The second-order valence-electron chi connectivity index (χ2n) is 3.78. The highest BCUT2D eigenvalue weighted by Gasteiger charge is 2.44. The van der Waals surface area contributed by atoms with Crippen molar-refractivity contribution in [3.8, 4) is 0 Å². The van der Waals surface area contributed by atoms with Crippen molar-refractivity contribution in [3.05, 3.63) is 12.2 Å². The Hall–Kier alpha value is -1.12. The zero-order chi connectivity index (χ0) is 10.2. The van der Waals surface area contributed by atoms with Gasteiger partial charge in [0, 0.05) is 18.3 Å². The van der Waals surface area contributed by atoms with Gasteiger partial charge in [-0.3, -0.25) is 9.59 Å². The summed E-state index contributed by atoms with van der Waals surface area (Å²) in [6, 6.07) is 0. The van der Waals surface area contributed by atoms with Gasteiger partial charge in [-0.15, -0.1) is 0 Å². The molecule has 1 fully saturated rings. The fourth-order valence-corrected chi connectivity index (χ4v) is 1.95. The maximum Gasteiger partial charge on any atom is 0.307 e. The number of ketones is 1. The first-order chi connectivity index (χ1) is 5.95. The predicted molar refractivity (Wildman–Crippen MR) is 48.2 cm³/mol. The number of Topliss-reactive ketones (excluding diaryl/α,β-unsaturated/α-hetero) is 1. The molecule has 0 radical (unpaired) electrons. The van der Waals surface area contributed by atoms with Crippen molar-refractivity contribution >= 4 is 11.8 Å². The van der Waals surface area contributed by atoms with Crippen molar-refractivity contribution in [2.24, 2.45) is 17.8 Å². The van der Waals surface area contributed by atoms with Crippen LogP contribution in [0.3, 0.4) is 0 Å². The van der Waals surface area contributed by atoms with Crippen LogP contribution in [-0.2, 0) is 9.59 Å². The maximum absolute atomic E-state index is 11.3. The van der Waals surface area contributed by atoms with Crippen LogP contribution in [0, 0.1) is 17.8 Å². The minimum Gasteiger partial charge on any atom is -0.481 e. The molecule has 13 heavy (non-hydrogen) atoms. The number of hydrogen-bond donors (Lipinski definition) is 1. The molecule has 0 amide bonds. The summed E-state index contributed by atoms with van der Waals surface area (Å²) in [5.41, 5.74) is 0.796. The molecule has 72 valence electrons. The number of hydrogen-bond acceptors (Lipinski definition) is 2. The summed E-state index contributed by atoms with van der Waals surface area (Å²) in [5, 5.41) is 8.93. The number of carboxylic acid groups (broad SMARTS) is 1. The number of rotatable bonds is 2. The van der Waals surface area contributed by atoms with Crippen molar-refractivity contribution in [3.63, 3.8) is 0 Å². The number of aliphatic carboxylic acids is 1. The highest BCUT2D eigenvalue weighted by molar-refractivity contribution is 5.90. The second-order valence-corrected chi connectivity index (χ2v) is 3.78. The monoisotopic (exact) mass is 182 g/mol. The first-order valence-electron chi connectivity index (χ1n) is 4.36. The molecular weight excluding hydrogens is 168 g/mol. The van der Waals surface area contributed by atoms with Gasteiger partial charge >= 0.3 is 5.97 Å². The normalized spacial score (nSPS) is 33.4. The van der Waals surface area contributed by atoms with Gasteiger partial charge in [-0.25, -0.2) is 0 Å². The van der Waals surface area contributed by atoms with Crippen molar-refractivity contribution in [1.29, 1.82) is 0 Å². The molecule has 3 nitrogen and oxygen atoms in total. The van der Waals surface area contributed by atoms with E-state index in [9.17, 15) is 9.59 Å². The molecule has 0 aliphatic heterocycles. The Morgan fingerprint density at radius 1 is 1.62 bits per heavy atom. The van der Waals surface area contributed by atoms with E-state index >= 15 is 0 Å². The lowest BCUT2D eigenvalue weighted by Crippen LogP contribution is -2.24. The Balaban J connectivity index is 2.93. The van der Waals surface area contributed by atoms with Gasteiger partial charge < -0.3 is 5.11 Å². The van der Waals surface area contributed by atoms with Crippen molar-refractivity contribution in [2.75, 3.05) is 0 Å². The number of carbonyl (C=O) groups excluding carboxylic acids is 1. The zero-order valence-corrected chi connectivity index (χ0v) is 7.91. The molecule has 0 saturated heterocycles. The molecule has 0 aromatic heterocycles. The fraction of sp³-hybridized carbons (Fsp3) is 0.600. The topological polar surface area (TPSA) is 54.4 Å². The van der Waals surface area contributed by atoms with Gasteiger partial charge in [0.05, 0.1) is 5.92 Å². The summed E-state index contributed by atoms with van der Waals surface area (Å²) in [6.45, 7) is 7.19. The molecule has 3 unspecified atom stereocenters. The van der Waals surface area contributed by atoms with Crippen LogP contribution in [-0.4, -0.2) is 16.9 Å². The fourth-order valence-electron chi connectivity index (χ4n) is 1.95. The summed E-state index contributed by atoms with van der Waals surface area (Å²) < 4.78 is 0. The average Bonchev–Trinajstić information content (AvgIpc) is 2.28. The molecule has 1 saturated carbocycles. The quantitative estimate of drug-likeness (QED) is 0.658. The highest BCUT2D eigenvalue weighted by atomic mass is 16.4. The van der Waals surface area contributed by atoms with Gasteiger partial charge in [0.15, 0.2) is 0 Å². The minimum atomic E-state index is -0.883. The van der Waals surface area contributed by atoms with E-state index in [4.69, 9.17) is 5.11 Å². The summed E-state index contributed by atoms with van der Waals surface area (Å²) in [4.78, 5) is 22.2. The number of carboxylic acids is 1. The van der Waals surface area contributed by atoms with Crippen LogP contribution in [0.5, 0.6) is 0 Å². The highest BCUT2D eigenvalue weighted by Crippen LogP contribution is 2.38. The van der Waals surface area contributed by atoms with E-state index in [2.05, 4.69) is 6.58 Å². The van der Waals surface area contributed by atoms with Crippen LogP contribution in [0.2, 0.25) is 0 Å². The van der Waals surface area contributed by atoms with Crippen LogP contribution in [0.15, 0.2) is 12.2 Å². The van der Waals surface area contributed by atoms with E-state index in [0.717, 1.165) is 5.57 Å². The van der Waals surface area contributed by atoms with Gasteiger partial charge in [-0.1, -0.05) is 19.1 Å². The molecule has 1 N–H and O–H groups in total. The molecule has 0 heterocycles. The predicted octanol–water partition coefficient (Wildman–Crippen LogP) is 1.49. The largest absolute Gasteiger partial charge is 0.481 e. The summed E-state index contributed by atoms with van der Waals surface area (Å²) >= 11 is 0. The van der Waals surface area contributed by atoms with E-state index in [1.807, 2.05) is 0 Å². The molecule has 0 spiro atoms. The van der Waals surface area contributed by atoms with E-state index in [-0.39, 0.29) is 17.6 Å². The minimum absolute atomic E-state index is 0.0420. The van der Waals surface area contributed by atoms with Crippen molar-refractivity contribution < 1.29 is 14.7 Å². The Kier molecular flexibility index (Phi) is 2.55. The van der Waals surface area contributed by atoms with Gasteiger partial charge in [0.2, 0.25) is 0 Å². The van der Waals surface area contributed by atoms with Crippen molar-refractivity contribution in [1.82, 2.24) is 0 Å². The third kappa shape index (κ3) is 1.64. The molecule has 0 bridgehead atoms. The smallest absolute Gasteiger partial charge is 0.307 e. The lowest BCUT2D eigenvalue weighted by Gasteiger charge is -2.16. The van der Waals surface area contributed by atoms with Crippen LogP contribution >= 0.6 is 0 Å². The molecule has 1 aliphatic carbocycles. The van der Waals surface area contributed by atoms with E-state index in [1.54, 1.807) is 13.8 Å². The Morgan fingerprint density at radius 2 is 2.15 bits per heavy atom. The van der Waals surface area contributed by atoms with Gasteiger partial charge in [0.25, 0.3) is 0 Å². The average molecular weight is 182 g/mol. The molecule has 3 heteroatoms. The van der Waals surface area contributed by atoms with Gasteiger partial charge in [-0.2, -0.15) is 0 Å². The zero-order valence-electron chi connectivity index (χ0n) is 7.91. The van der Waals surface area contributed by atoms with Gasteiger partial charge in [0.1, 0.15) is 5.78 Å². The summed E-state index contributed by atoms with van der Waals surface area (Å²) in [5.74, 6) is -1.93. The lowest BCUT2D eigenvalue weighted by molar-refractivity contribution is -0.144. The van der Waals surface area contributed by atoms with Crippen LogP contribution in [0.25, 0.3) is 0 Å². The third-order valence-electron chi connectivity index (χ3n) is 2.82. The lowest BCUT2D eigenvalue weighted by atomic mass is 9.86. The Morgan fingerprint density at radius 3 is 2.46 bits per heavy atom. The maximum atomic E-state index is 11.3. The first kappa shape index (κ1) is 9.96. The molecule has 0 aromatic carbocycles. The Bertz CT molecular complexity index is 267. The van der Waals surface area contributed by atoms with Crippen LogP contribution in [0.1, 0.15) is 20.3 Å².